The highest BCUT2D eigenvalue weighted by Crippen LogP contribution is 2.29. The molecule has 1 aliphatic rings. The minimum absolute atomic E-state index is 0.00332. The molecule has 1 aliphatic heterocycles. The summed E-state index contributed by atoms with van der Waals surface area (Å²) in [5.74, 6) is 0.0199. The first-order valence-corrected chi connectivity index (χ1v) is 12.5. The molecule has 1 fully saturated rings. The van der Waals surface area contributed by atoms with Crippen molar-refractivity contribution in [1.82, 2.24) is 4.90 Å². The molecular weight excluding hydrogens is 466 g/mol. The Hall–Kier alpha value is -4.13. The van der Waals surface area contributed by atoms with Crippen molar-refractivity contribution in [2.45, 2.75) is 31.7 Å². The molecule has 1 saturated heterocycles. The number of hydrogen-bond donors (Lipinski definition) is 2. The van der Waals surface area contributed by atoms with Gasteiger partial charge in [-0.3, -0.25) is 15.0 Å². The molecule has 192 valence electrons. The first kappa shape index (κ1) is 25.9. The molecule has 0 unspecified atom stereocenters. The number of carbonyl (C=O) groups is 2. The number of benzene rings is 3. The lowest BCUT2D eigenvalue weighted by Gasteiger charge is -2.25. The standard InChI is InChI=1S/C30H33N3O4/c1-36-28(34)19-25-18-26(33(30(25)35)17-5-8-21-6-3-2-4-7-21)20-37-27-15-13-23(14-16-27)22-9-11-24(12-10-22)29(31)32/h2-4,6-7,9-16,25-26H,5,8,17-20H2,1H3,(H3,31,32)/t25-,26+/m1/s1. The van der Waals surface area contributed by atoms with E-state index in [4.69, 9.17) is 20.6 Å². The van der Waals surface area contributed by atoms with Crippen LogP contribution in [0.15, 0.2) is 78.9 Å². The number of carbonyl (C=O) groups excluding carboxylic acids is 2. The van der Waals surface area contributed by atoms with Crippen molar-refractivity contribution in [2.24, 2.45) is 11.7 Å². The second-order valence-electron chi connectivity index (χ2n) is 9.31. The molecule has 4 rings (SSSR count). The third-order valence-corrected chi connectivity index (χ3v) is 6.80. The molecule has 3 N–H and O–H groups in total. The monoisotopic (exact) mass is 499 g/mol. The lowest BCUT2D eigenvalue weighted by Crippen LogP contribution is -2.38. The number of aryl methyl sites for hydroxylation is 1. The van der Waals surface area contributed by atoms with Gasteiger partial charge < -0.3 is 20.1 Å². The van der Waals surface area contributed by atoms with Crippen LogP contribution in [-0.4, -0.2) is 48.9 Å². The van der Waals surface area contributed by atoms with Crippen LogP contribution in [0.3, 0.4) is 0 Å². The smallest absolute Gasteiger partial charge is 0.306 e. The minimum atomic E-state index is -0.377. The maximum absolute atomic E-state index is 13.1. The Balaban J connectivity index is 1.38. The van der Waals surface area contributed by atoms with Gasteiger partial charge in [0.2, 0.25) is 5.91 Å². The summed E-state index contributed by atoms with van der Waals surface area (Å²) in [4.78, 5) is 26.9. The third-order valence-electron chi connectivity index (χ3n) is 6.80. The summed E-state index contributed by atoms with van der Waals surface area (Å²) >= 11 is 0. The number of rotatable bonds is 11. The van der Waals surface area contributed by atoms with Crippen molar-refractivity contribution in [3.63, 3.8) is 0 Å². The fourth-order valence-corrected chi connectivity index (χ4v) is 4.75. The number of nitrogens with zero attached hydrogens (tertiary/aromatic N) is 1. The first-order chi connectivity index (χ1) is 17.9. The Morgan fingerprint density at radius 2 is 1.65 bits per heavy atom. The highest BCUT2D eigenvalue weighted by atomic mass is 16.5. The van der Waals surface area contributed by atoms with Gasteiger partial charge in [-0.1, -0.05) is 66.7 Å². The molecule has 1 amide bonds. The van der Waals surface area contributed by atoms with Crippen LogP contribution in [0.5, 0.6) is 5.75 Å². The highest BCUT2D eigenvalue weighted by molar-refractivity contribution is 5.95. The zero-order valence-corrected chi connectivity index (χ0v) is 21.1. The number of methoxy groups -OCH3 is 1. The zero-order chi connectivity index (χ0) is 26.2. The number of amidine groups is 1. The second kappa shape index (κ2) is 12.2. The normalized spacial score (nSPS) is 17.0. The van der Waals surface area contributed by atoms with E-state index in [2.05, 4.69) is 12.1 Å². The van der Waals surface area contributed by atoms with Crippen LogP contribution < -0.4 is 10.5 Å². The largest absolute Gasteiger partial charge is 0.491 e. The molecule has 0 bridgehead atoms. The molecule has 37 heavy (non-hydrogen) atoms. The van der Waals surface area contributed by atoms with Crippen LogP contribution in [-0.2, 0) is 20.7 Å². The fourth-order valence-electron chi connectivity index (χ4n) is 4.75. The topological polar surface area (TPSA) is 106 Å². The average Bonchev–Trinajstić information content (AvgIpc) is 3.22. The van der Waals surface area contributed by atoms with E-state index in [1.54, 1.807) is 0 Å². The van der Waals surface area contributed by atoms with Crippen LogP contribution in [0, 0.1) is 11.3 Å². The molecule has 7 heteroatoms. The maximum atomic E-state index is 13.1. The number of hydrogen-bond acceptors (Lipinski definition) is 5. The number of nitrogens with one attached hydrogen (secondary N) is 1. The van der Waals surface area contributed by atoms with E-state index in [9.17, 15) is 9.59 Å². The van der Waals surface area contributed by atoms with E-state index in [0.29, 0.717) is 25.1 Å². The van der Waals surface area contributed by atoms with Crippen molar-refractivity contribution in [1.29, 1.82) is 5.41 Å². The van der Waals surface area contributed by atoms with E-state index in [0.717, 1.165) is 29.7 Å². The molecule has 2 atom stereocenters. The Kier molecular flexibility index (Phi) is 8.56. The van der Waals surface area contributed by atoms with Crippen molar-refractivity contribution in [3.8, 4) is 16.9 Å². The van der Waals surface area contributed by atoms with Gasteiger partial charge in [-0.2, -0.15) is 0 Å². The van der Waals surface area contributed by atoms with Gasteiger partial charge in [-0.15, -0.1) is 0 Å². The van der Waals surface area contributed by atoms with E-state index in [1.807, 2.05) is 71.6 Å². The SMILES string of the molecule is COC(=O)C[C@H]1C[C@@H](COc2ccc(-c3ccc(C(=N)N)cc3)cc2)N(CCCc2ccccc2)C1=O. The molecule has 3 aromatic carbocycles. The maximum Gasteiger partial charge on any atom is 0.306 e. The quantitative estimate of drug-likeness (QED) is 0.231. The van der Waals surface area contributed by atoms with Crippen LogP contribution in [0.25, 0.3) is 11.1 Å². The van der Waals surface area contributed by atoms with E-state index in [1.165, 1.54) is 12.7 Å². The van der Waals surface area contributed by atoms with Gasteiger partial charge in [0.05, 0.1) is 25.5 Å². The molecule has 0 spiro atoms. The minimum Gasteiger partial charge on any atom is -0.491 e. The summed E-state index contributed by atoms with van der Waals surface area (Å²) in [5, 5.41) is 7.53. The van der Waals surface area contributed by atoms with Gasteiger partial charge in [0.15, 0.2) is 0 Å². The summed E-state index contributed by atoms with van der Waals surface area (Å²) < 4.78 is 10.9. The van der Waals surface area contributed by atoms with Gasteiger partial charge in [0.25, 0.3) is 0 Å². The van der Waals surface area contributed by atoms with E-state index >= 15 is 0 Å². The summed E-state index contributed by atoms with van der Waals surface area (Å²) in [6.07, 6.45) is 2.39. The molecule has 0 aromatic heterocycles. The molecule has 0 saturated carbocycles. The predicted octanol–water partition coefficient (Wildman–Crippen LogP) is 4.43. The average molecular weight is 500 g/mol. The summed E-state index contributed by atoms with van der Waals surface area (Å²) in [7, 11) is 1.35. The molecule has 3 aromatic rings. The molecule has 0 radical (unpaired) electrons. The van der Waals surface area contributed by atoms with Crippen LogP contribution in [0.1, 0.15) is 30.4 Å². The number of likely N-dealkylation sites (tertiary alicyclic amines) is 1. The van der Waals surface area contributed by atoms with Crippen molar-refractivity contribution in [3.05, 3.63) is 90.0 Å². The Morgan fingerprint density at radius 3 is 2.27 bits per heavy atom. The molecule has 7 nitrogen and oxygen atoms in total. The van der Waals surface area contributed by atoms with Crippen molar-refractivity contribution >= 4 is 17.7 Å². The molecule has 1 heterocycles. The van der Waals surface area contributed by atoms with Crippen molar-refractivity contribution < 1.29 is 19.1 Å². The summed E-state index contributed by atoms with van der Waals surface area (Å²) in [6.45, 7) is 0.982. The summed E-state index contributed by atoms with van der Waals surface area (Å²) in [6, 6.07) is 25.4. The lowest BCUT2D eigenvalue weighted by atomic mass is 10.0. The fraction of sp³-hybridized carbons (Fsp3) is 0.300. The van der Waals surface area contributed by atoms with Gasteiger partial charge >= 0.3 is 5.97 Å². The summed E-state index contributed by atoms with van der Waals surface area (Å²) in [5.41, 5.74) is 9.51. The number of ether oxygens (including phenoxy) is 2. The Labute approximate surface area is 217 Å². The van der Waals surface area contributed by atoms with Crippen LogP contribution in [0.4, 0.5) is 0 Å². The number of nitrogens with two attached hydrogens (primary N) is 1. The predicted molar refractivity (Wildman–Crippen MR) is 143 cm³/mol. The zero-order valence-electron chi connectivity index (χ0n) is 21.1. The lowest BCUT2D eigenvalue weighted by molar-refractivity contribution is -0.144. The van der Waals surface area contributed by atoms with Gasteiger partial charge in [-0.25, -0.2) is 0 Å². The van der Waals surface area contributed by atoms with E-state index < -0.39 is 0 Å². The first-order valence-electron chi connectivity index (χ1n) is 12.5. The van der Waals surface area contributed by atoms with Gasteiger partial charge in [0.1, 0.15) is 18.2 Å². The Bertz CT molecular complexity index is 1210. The molecular formula is C30H33N3O4. The van der Waals surface area contributed by atoms with Crippen LogP contribution in [0.2, 0.25) is 0 Å². The Morgan fingerprint density at radius 1 is 1.00 bits per heavy atom. The number of esters is 1. The number of amides is 1. The van der Waals surface area contributed by atoms with Crippen LogP contribution >= 0.6 is 0 Å². The van der Waals surface area contributed by atoms with E-state index in [-0.39, 0.29) is 36.1 Å². The molecule has 0 aliphatic carbocycles. The number of nitrogen functional groups attached to an aromatic ring is 1. The third kappa shape index (κ3) is 6.76. The highest BCUT2D eigenvalue weighted by Gasteiger charge is 2.40. The second-order valence-corrected chi connectivity index (χ2v) is 9.31. The van der Waals surface area contributed by atoms with Crippen molar-refractivity contribution in [2.75, 3.05) is 20.3 Å². The van der Waals surface area contributed by atoms with Gasteiger partial charge in [-0.05, 0) is 48.1 Å². The van der Waals surface area contributed by atoms with Gasteiger partial charge in [0, 0.05) is 12.1 Å².